The van der Waals surface area contributed by atoms with Crippen molar-refractivity contribution in [2.45, 2.75) is 46.2 Å². The number of rotatable bonds is 6. The fraction of sp³-hybridized carbons (Fsp3) is 0.615. The quantitative estimate of drug-likeness (QED) is 0.829. The minimum Gasteiger partial charge on any atom is -0.480 e. The van der Waals surface area contributed by atoms with Crippen LogP contribution in [0.1, 0.15) is 44.8 Å². The topological polar surface area (TPSA) is 53.7 Å². The molecular formula is C13H21NO3. The average molecular weight is 239 g/mol. The Labute approximate surface area is 102 Å². The van der Waals surface area contributed by atoms with Gasteiger partial charge in [-0.1, -0.05) is 6.92 Å². The van der Waals surface area contributed by atoms with Crippen LogP contribution >= 0.6 is 0 Å². The molecule has 4 heteroatoms. The van der Waals surface area contributed by atoms with Crippen LogP contribution in [0, 0.1) is 6.92 Å². The van der Waals surface area contributed by atoms with E-state index in [9.17, 15) is 4.79 Å². The molecule has 0 spiro atoms. The number of hydrogen-bond donors (Lipinski definition) is 1. The Morgan fingerprint density at radius 1 is 1.47 bits per heavy atom. The summed E-state index contributed by atoms with van der Waals surface area (Å²) in [7, 11) is 0. The molecule has 0 aliphatic rings. The van der Waals surface area contributed by atoms with E-state index >= 15 is 0 Å². The highest BCUT2D eigenvalue weighted by molar-refractivity contribution is 5.69. The number of carboxylic acids is 1. The highest BCUT2D eigenvalue weighted by Crippen LogP contribution is 2.24. The zero-order valence-electron chi connectivity index (χ0n) is 10.9. The van der Waals surface area contributed by atoms with Gasteiger partial charge in [0.25, 0.3) is 0 Å². The highest BCUT2D eigenvalue weighted by atomic mass is 16.4. The van der Waals surface area contributed by atoms with Gasteiger partial charge in [0.15, 0.2) is 0 Å². The molecule has 4 nitrogen and oxygen atoms in total. The molecule has 0 aliphatic carbocycles. The van der Waals surface area contributed by atoms with Crippen molar-refractivity contribution in [2.24, 2.45) is 0 Å². The van der Waals surface area contributed by atoms with Gasteiger partial charge in [0.1, 0.15) is 11.5 Å². The van der Waals surface area contributed by atoms with E-state index in [1.54, 1.807) is 0 Å². The van der Waals surface area contributed by atoms with E-state index in [1.165, 1.54) is 0 Å². The molecule has 1 rings (SSSR count). The van der Waals surface area contributed by atoms with Crippen molar-refractivity contribution in [3.8, 4) is 0 Å². The third-order valence-electron chi connectivity index (χ3n) is 3.15. The van der Waals surface area contributed by atoms with Crippen molar-refractivity contribution in [3.05, 3.63) is 23.7 Å². The van der Waals surface area contributed by atoms with E-state index in [2.05, 4.69) is 6.92 Å². The van der Waals surface area contributed by atoms with E-state index in [0.717, 1.165) is 17.9 Å². The Morgan fingerprint density at radius 3 is 2.53 bits per heavy atom. The maximum atomic E-state index is 10.9. The summed E-state index contributed by atoms with van der Waals surface area (Å²) >= 11 is 0. The van der Waals surface area contributed by atoms with Gasteiger partial charge in [-0.25, -0.2) is 0 Å². The third kappa shape index (κ3) is 3.60. The molecular weight excluding hydrogens is 218 g/mol. The predicted molar refractivity (Wildman–Crippen MR) is 66.0 cm³/mol. The molecule has 17 heavy (non-hydrogen) atoms. The smallest absolute Gasteiger partial charge is 0.317 e. The average Bonchev–Trinajstić information content (AvgIpc) is 2.70. The minimum atomic E-state index is -0.805. The van der Waals surface area contributed by atoms with Crippen molar-refractivity contribution >= 4 is 5.97 Å². The van der Waals surface area contributed by atoms with Crippen LogP contribution in [0.5, 0.6) is 0 Å². The molecule has 0 bridgehead atoms. The Hall–Kier alpha value is -1.29. The van der Waals surface area contributed by atoms with Crippen LogP contribution in [0.15, 0.2) is 16.5 Å². The number of hydrogen-bond acceptors (Lipinski definition) is 3. The molecule has 2 atom stereocenters. The molecule has 0 aliphatic heterocycles. The van der Waals surface area contributed by atoms with Gasteiger partial charge in [-0.3, -0.25) is 9.69 Å². The Bertz CT molecular complexity index is 372. The first-order valence-electron chi connectivity index (χ1n) is 5.99. The van der Waals surface area contributed by atoms with Gasteiger partial charge in [0.05, 0.1) is 12.6 Å². The van der Waals surface area contributed by atoms with Crippen LogP contribution in [0.3, 0.4) is 0 Å². The summed E-state index contributed by atoms with van der Waals surface area (Å²) in [6.45, 7) is 8.00. The van der Waals surface area contributed by atoms with E-state index in [1.807, 2.05) is 37.8 Å². The lowest BCUT2D eigenvalue weighted by molar-refractivity contribution is -0.139. The summed E-state index contributed by atoms with van der Waals surface area (Å²) in [5.41, 5.74) is 0. The molecule has 1 heterocycles. The highest BCUT2D eigenvalue weighted by Gasteiger charge is 2.24. The fourth-order valence-corrected chi connectivity index (χ4v) is 1.91. The van der Waals surface area contributed by atoms with E-state index in [4.69, 9.17) is 9.52 Å². The zero-order valence-corrected chi connectivity index (χ0v) is 10.9. The molecule has 0 fully saturated rings. The standard InChI is InChI=1S/C13H21NO3/c1-5-9(2)14(8-13(15)16)11(4)12-7-6-10(3)17-12/h6-7,9,11H,5,8H2,1-4H3,(H,15,16). The lowest BCUT2D eigenvalue weighted by Gasteiger charge is -2.31. The molecule has 1 aromatic rings. The third-order valence-corrected chi connectivity index (χ3v) is 3.15. The number of carboxylic acid groups (broad SMARTS) is 1. The molecule has 1 aromatic heterocycles. The van der Waals surface area contributed by atoms with Crippen molar-refractivity contribution in [2.75, 3.05) is 6.54 Å². The molecule has 0 saturated carbocycles. The van der Waals surface area contributed by atoms with Crippen molar-refractivity contribution < 1.29 is 14.3 Å². The van der Waals surface area contributed by atoms with Crippen molar-refractivity contribution in [1.29, 1.82) is 0 Å². The second kappa shape index (κ2) is 5.87. The maximum Gasteiger partial charge on any atom is 0.317 e. The lowest BCUT2D eigenvalue weighted by Crippen LogP contribution is -2.38. The normalized spacial score (nSPS) is 14.9. The molecule has 0 amide bonds. The summed E-state index contributed by atoms with van der Waals surface area (Å²) in [5.74, 6) is 0.871. The van der Waals surface area contributed by atoms with Crippen LogP contribution in [0.25, 0.3) is 0 Å². The number of furan rings is 1. The second-order valence-electron chi connectivity index (χ2n) is 4.45. The van der Waals surface area contributed by atoms with Gasteiger partial charge in [0.2, 0.25) is 0 Å². The first-order chi connectivity index (χ1) is 7.95. The largest absolute Gasteiger partial charge is 0.480 e. The number of carbonyl (C=O) groups is 1. The molecule has 0 radical (unpaired) electrons. The van der Waals surface area contributed by atoms with Gasteiger partial charge in [-0.15, -0.1) is 0 Å². The Kier molecular flexibility index (Phi) is 4.75. The van der Waals surface area contributed by atoms with Crippen molar-refractivity contribution in [3.63, 3.8) is 0 Å². The van der Waals surface area contributed by atoms with Gasteiger partial charge in [-0.05, 0) is 39.3 Å². The second-order valence-corrected chi connectivity index (χ2v) is 4.45. The van der Waals surface area contributed by atoms with Gasteiger partial charge in [-0.2, -0.15) is 0 Å². The predicted octanol–water partition coefficient (Wildman–Crippen LogP) is 2.83. The molecule has 0 saturated heterocycles. The van der Waals surface area contributed by atoms with Crippen molar-refractivity contribution in [1.82, 2.24) is 4.90 Å². The summed E-state index contributed by atoms with van der Waals surface area (Å²) in [4.78, 5) is 12.8. The first-order valence-corrected chi connectivity index (χ1v) is 5.99. The SMILES string of the molecule is CCC(C)N(CC(=O)O)C(C)c1ccc(C)o1. The fourth-order valence-electron chi connectivity index (χ4n) is 1.91. The maximum absolute atomic E-state index is 10.9. The lowest BCUT2D eigenvalue weighted by atomic mass is 10.1. The van der Waals surface area contributed by atoms with E-state index in [-0.39, 0.29) is 18.6 Å². The van der Waals surface area contributed by atoms with Crippen LogP contribution in [0.4, 0.5) is 0 Å². The number of aliphatic carboxylic acids is 1. The van der Waals surface area contributed by atoms with Crippen LogP contribution in [-0.2, 0) is 4.79 Å². The van der Waals surface area contributed by atoms with Crippen LogP contribution < -0.4 is 0 Å². The van der Waals surface area contributed by atoms with Crippen LogP contribution in [-0.4, -0.2) is 28.6 Å². The molecule has 96 valence electrons. The monoisotopic (exact) mass is 239 g/mol. The summed E-state index contributed by atoms with van der Waals surface area (Å²) in [6, 6.07) is 4.01. The zero-order chi connectivity index (χ0) is 13.0. The summed E-state index contributed by atoms with van der Waals surface area (Å²) in [6.07, 6.45) is 0.914. The number of aryl methyl sites for hydroxylation is 1. The Balaban J connectivity index is 2.85. The molecule has 0 aromatic carbocycles. The number of nitrogens with zero attached hydrogens (tertiary/aromatic N) is 1. The molecule has 1 N–H and O–H groups in total. The first kappa shape index (κ1) is 13.8. The van der Waals surface area contributed by atoms with Gasteiger partial charge >= 0.3 is 5.97 Å². The molecule has 2 unspecified atom stereocenters. The van der Waals surface area contributed by atoms with Crippen LogP contribution in [0.2, 0.25) is 0 Å². The van der Waals surface area contributed by atoms with E-state index < -0.39 is 5.97 Å². The van der Waals surface area contributed by atoms with Gasteiger partial charge in [0, 0.05) is 6.04 Å². The Morgan fingerprint density at radius 2 is 2.12 bits per heavy atom. The summed E-state index contributed by atoms with van der Waals surface area (Å²) < 4.78 is 5.57. The van der Waals surface area contributed by atoms with E-state index in [0.29, 0.717) is 0 Å². The minimum absolute atomic E-state index is 0.0188. The summed E-state index contributed by atoms with van der Waals surface area (Å²) in [5, 5.41) is 8.96. The van der Waals surface area contributed by atoms with Gasteiger partial charge < -0.3 is 9.52 Å².